The summed E-state index contributed by atoms with van der Waals surface area (Å²) in [6.07, 6.45) is 8.88. The number of likely N-dealkylation sites (N-methyl/N-ethyl adjacent to an activating group) is 1. The average Bonchev–Trinajstić information content (AvgIpc) is 1.88. The Kier molecular flexibility index (Phi) is 2.35. The summed E-state index contributed by atoms with van der Waals surface area (Å²) in [6, 6.07) is 0.264. The molecule has 0 spiro atoms. The molecule has 0 heterocycles. The number of allylic oxidation sites excluding steroid dienone is 2. The monoisotopic (exact) mass is 152 g/mol. The van der Waals surface area contributed by atoms with Crippen LogP contribution >= 0.6 is 12.2 Å². The van der Waals surface area contributed by atoms with Gasteiger partial charge in [0.05, 0.1) is 6.04 Å². The van der Waals surface area contributed by atoms with Crippen molar-refractivity contribution in [3.8, 4) is 0 Å². The first kappa shape index (κ1) is 7.63. The number of rotatable bonds is 1. The van der Waals surface area contributed by atoms with Crippen molar-refractivity contribution in [2.45, 2.75) is 6.04 Å². The topological polar surface area (TPSA) is 3.24 Å². The van der Waals surface area contributed by atoms with Gasteiger partial charge < -0.3 is 0 Å². The molecule has 1 rings (SSSR count). The van der Waals surface area contributed by atoms with Crippen LogP contribution in [0.4, 0.5) is 0 Å². The Labute approximate surface area is 67.0 Å². The minimum Gasteiger partial charge on any atom is -0.298 e. The smallest absolute Gasteiger partial charge is 0.0638 e. The number of thiocarbonyl (C=S) groups is 1. The van der Waals surface area contributed by atoms with Crippen molar-refractivity contribution in [2.24, 2.45) is 0 Å². The van der Waals surface area contributed by atoms with Crippen LogP contribution in [0.3, 0.4) is 0 Å². The van der Waals surface area contributed by atoms with Crippen LogP contribution in [0, 0.1) is 6.08 Å². The highest BCUT2D eigenvalue weighted by Gasteiger charge is 2.12. The van der Waals surface area contributed by atoms with E-state index in [1.165, 1.54) is 0 Å². The van der Waals surface area contributed by atoms with Crippen molar-refractivity contribution in [1.29, 1.82) is 0 Å². The van der Waals surface area contributed by atoms with Crippen LogP contribution in [0.2, 0.25) is 0 Å². The molecule has 0 saturated heterocycles. The Balaban J connectivity index is 2.70. The largest absolute Gasteiger partial charge is 0.298 e. The molecule has 1 atom stereocenters. The predicted molar refractivity (Wildman–Crippen MR) is 47.0 cm³/mol. The van der Waals surface area contributed by atoms with E-state index in [1.54, 1.807) is 0 Å². The lowest BCUT2D eigenvalue weighted by Crippen LogP contribution is -2.32. The van der Waals surface area contributed by atoms with Crippen LogP contribution in [-0.4, -0.2) is 29.9 Å². The number of nitrogens with zero attached hydrogens (tertiary/aromatic N) is 1. The molecule has 0 saturated carbocycles. The van der Waals surface area contributed by atoms with Crippen molar-refractivity contribution in [1.82, 2.24) is 4.90 Å². The summed E-state index contributed by atoms with van der Waals surface area (Å²) < 4.78 is 0. The third-order valence-corrected chi connectivity index (χ3v) is 1.80. The normalized spacial score (nSPS) is 24.3. The van der Waals surface area contributed by atoms with Crippen molar-refractivity contribution in [2.75, 3.05) is 14.1 Å². The quantitative estimate of drug-likeness (QED) is 0.520. The number of hydrogen-bond donors (Lipinski definition) is 0. The predicted octanol–water partition coefficient (Wildman–Crippen LogP) is 1.22. The minimum absolute atomic E-state index is 0.264. The second-order valence-electron chi connectivity index (χ2n) is 2.47. The zero-order valence-electron chi connectivity index (χ0n) is 6.16. The second kappa shape index (κ2) is 3.08. The SMILES string of the molecule is CN(C)C1C=CC=[C]C1=S. The molecule has 0 amide bonds. The summed E-state index contributed by atoms with van der Waals surface area (Å²) in [5, 5.41) is 0. The maximum atomic E-state index is 5.07. The van der Waals surface area contributed by atoms with Gasteiger partial charge in [-0.15, -0.1) is 0 Å². The first-order chi connectivity index (χ1) is 4.72. The van der Waals surface area contributed by atoms with E-state index >= 15 is 0 Å². The Morgan fingerprint density at radius 3 is 2.70 bits per heavy atom. The van der Waals surface area contributed by atoms with Crippen LogP contribution in [0.1, 0.15) is 0 Å². The van der Waals surface area contributed by atoms with Crippen LogP contribution in [0.15, 0.2) is 18.2 Å². The molecule has 0 aromatic rings. The Morgan fingerprint density at radius 2 is 2.30 bits per heavy atom. The van der Waals surface area contributed by atoms with E-state index in [-0.39, 0.29) is 6.04 Å². The molecule has 0 N–H and O–H groups in total. The van der Waals surface area contributed by atoms with E-state index in [9.17, 15) is 0 Å². The lowest BCUT2D eigenvalue weighted by Gasteiger charge is -2.21. The molecule has 1 radical (unpaired) electrons. The zero-order valence-corrected chi connectivity index (χ0v) is 6.98. The van der Waals surface area contributed by atoms with E-state index in [0.717, 1.165) is 4.86 Å². The highest BCUT2D eigenvalue weighted by molar-refractivity contribution is 7.80. The summed E-state index contributed by atoms with van der Waals surface area (Å²) in [4.78, 5) is 2.94. The molecule has 0 fully saturated rings. The third kappa shape index (κ3) is 1.52. The van der Waals surface area contributed by atoms with Gasteiger partial charge in [0.1, 0.15) is 0 Å². The maximum absolute atomic E-state index is 5.07. The molecule has 1 unspecified atom stereocenters. The summed E-state index contributed by atoms with van der Waals surface area (Å²) in [5.74, 6) is 0. The molecule has 1 nitrogen and oxygen atoms in total. The zero-order chi connectivity index (χ0) is 7.56. The number of hydrogen-bond acceptors (Lipinski definition) is 2. The van der Waals surface area contributed by atoms with Gasteiger partial charge in [0, 0.05) is 4.86 Å². The van der Waals surface area contributed by atoms with Crippen LogP contribution < -0.4 is 0 Å². The standard InChI is InChI=1S/C8H10NS/c1-9(2)7-5-3-4-6-8(7)10/h3-5,7H,1-2H3. The van der Waals surface area contributed by atoms with Gasteiger partial charge in [0.25, 0.3) is 0 Å². The molecule has 53 valence electrons. The van der Waals surface area contributed by atoms with Crippen molar-refractivity contribution < 1.29 is 0 Å². The molecule has 10 heavy (non-hydrogen) atoms. The summed E-state index contributed by atoms with van der Waals surface area (Å²) in [5.41, 5.74) is 0. The summed E-state index contributed by atoms with van der Waals surface area (Å²) in [6.45, 7) is 0. The fourth-order valence-corrected chi connectivity index (χ4v) is 1.23. The molecule has 1 aliphatic rings. The van der Waals surface area contributed by atoms with Gasteiger partial charge in [-0.05, 0) is 20.2 Å². The van der Waals surface area contributed by atoms with Gasteiger partial charge in [-0.2, -0.15) is 0 Å². The van der Waals surface area contributed by atoms with Gasteiger partial charge >= 0.3 is 0 Å². The van der Waals surface area contributed by atoms with Gasteiger partial charge in [0.15, 0.2) is 0 Å². The molecule has 2 heteroatoms. The lowest BCUT2D eigenvalue weighted by molar-refractivity contribution is 0.410. The second-order valence-corrected chi connectivity index (χ2v) is 2.91. The lowest BCUT2D eigenvalue weighted by atomic mass is 10.1. The Hall–Kier alpha value is -0.470. The molecule has 0 aliphatic heterocycles. The van der Waals surface area contributed by atoms with Crippen LogP contribution in [-0.2, 0) is 0 Å². The molecule has 0 aromatic carbocycles. The molecular formula is C8H10NS. The van der Waals surface area contributed by atoms with Gasteiger partial charge in [-0.1, -0.05) is 30.4 Å². The van der Waals surface area contributed by atoms with Gasteiger partial charge in [-0.25, -0.2) is 0 Å². The first-order valence-corrected chi connectivity index (χ1v) is 3.59. The molecule has 0 bridgehead atoms. The van der Waals surface area contributed by atoms with Gasteiger partial charge in [0.2, 0.25) is 0 Å². The van der Waals surface area contributed by atoms with E-state index in [0.29, 0.717) is 0 Å². The first-order valence-electron chi connectivity index (χ1n) is 3.18. The Morgan fingerprint density at radius 1 is 1.60 bits per heavy atom. The molecular weight excluding hydrogens is 142 g/mol. The van der Waals surface area contributed by atoms with Crippen LogP contribution in [0.5, 0.6) is 0 Å². The van der Waals surface area contributed by atoms with E-state index in [2.05, 4.69) is 17.1 Å². The van der Waals surface area contributed by atoms with Gasteiger partial charge in [-0.3, -0.25) is 4.90 Å². The Bertz CT molecular complexity index is 191. The van der Waals surface area contributed by atoms with Crippen LogP contribution in [0.25, 0.3) is 0 Å². The molecule has 0 aromatic heterocycles. The highest BCUT2D eigenvalue weighted by atomic mass is 32.1. The third-order valence-electron chi connectivity index (χ3n) is 1.44. The summed E-state index contributed by atoms with van der Waals surface area (Å²) >= 11 is 5.07. The van der Waals surface area contributed by atoms with E-state index in [4.69, 9.17) is 12.2 Å². The fraction of sp³-hybridized carbons (Fsp3) is 0.375. The van der Waals surface area contributed by atoms with E-state index < -0.39 is 0 Å². The van der Waals surface area contributed by atoms with Crippen molar-refractivity contribution >= 4 is 17.1 Å². The maximum Gasteiger partial charge on any atom is 0.0638 e. The highest BCUT2D eigenvalue weighted by Crippen LogP contribution is 2.04. The fourth-order valence-electron chi connectivity index (χ4n) is 0.870. The van der Waals surface area contributed by atoms with Crippen molar-refractivity contribution in [3.63, 3.8) is 0 Å². The average molecular weight is 152 g/mol. The summed E-state index contributed by atoms with van der Waals surface area (Å²) in [7, 11) is 4.02. The van der Waals surface area contributed by atoms with E-state index in [1.807, 2.05) is 26.2 Å². The van der Waals surface area contributed by atoms with Crippen molar-refractivity contribution in [3.05, 3.63) is 24.3 Å². The molecule has 1 aliphatic carbocycles. The minimum atomic E-state index is 0.264.